The number of nitrogens with two attached hydrogens (primary N) is 1. The zero-order chi connectivity index (χ0) is 18.7. The van der Waals surface area contributed by atoms with Crippen molar-refractivity contribution in [3.05, 3.63) is 54.1 Å². The number of hydrogen-bond acceptors (Lipinski definition) is 6. The van der Waals surface area contributed by atoms with Crippen LogP contribution >= 0.6 is 0 Å². The number of amides is 3. The Morgan fingerprint density at radius 2 is 1.88 bits per heavy atom. The van der Waals surface area contributed by atoms with Gasteiger partial charge >= 0.3 is 12.0 Å². The highest BCUT2D eigenvalue weighted by molar-refractivity contribution is 6.01. The summed E-state index contributed by atoms with van der Waals surface area (Å²) in [6.45, 7) is 1.34. The molecule has 0 aliphatic heterocycles. The number of carbonyl (C=O) groups excluding carboxylic acids is 3. The van der Waals surface area contributed by atoms with Crippen molar-refractivity contribution >= 4 is 28.8 Å². The van der Waals surface area contributed by atoms with Gasteiger partial charge in [0, 0.05) is 5.56 Å². The summed E-state index contributed by atoms with van der Waals surface area (Å²) >= 11 is 0. The minimum absolute atomic E-state index is 0.219. The molecule has 8 nitrogen and oxygen atoms in total. The van der Waals surface area contributed by atoms with Gasteiger partial charge in [0.2, 0.25) is 0 Å². The zero-order valence-electron chi connectivity index (χ0n) is 13.8. The van der Waals surface area contributed by atoms with Crippen molar-refractivity contribution in [3.63, 3.8) is 0 Å². The molecule has 0 radical (unpaired) electrons. The maximum atomic E-state index is 12.3. The summed E-state index contributed by atoms with van der Waals surface area (Å²) in [5.41, 5.74) is 6.48. The highest BCUT2D eigenvalue weighted by atomic mass is 16.5. The summed E-state index contributed by atoms with van der Waals surface area (Å²) in [4.78, 5) is 34.6. The topological polar surface area (TPSA) is 125 Å². The third-order valence-corrected chi connectivity index (χ3v) is 3.65. The minimum Gasteiger partial charge on any atom is -0.449 e. The summed E-state index contributed by atoms with van der Waals surface area (Å²) in [6.07, 6.45) is -1.18. The van der Waals surface area contributed by atoms with E-state index < -0.39 is 24.0 Å². The third-order valence-electron chi connectivity index (χ3n) is 3.65. The van der Waals surface area contributed by atoms with E-state index in [0.29, 0.717) is 16.7 Å². The number of primary amides is 1. The van der Waals surface area contributed by atoms with Gasteiger partial charge in [-0.15, -0.1) is 0 Å². The molecule has 1 aromatic heterocycles. The molecule has 0 saturated carbocycles. The van der Waals surface area contributed by atoms with E-state index in [-0.39, 0.29) is 5.56 Å². The standard InChI is InChI=1S/C18H15N3O5/c1-10(16(22)20-18(19)24)25-17(23)12-7-8-14-13(9-12)15(26-21-14)11-5-3-2-4-6-11/h2-10H,1H3,(H3,19,20,22,24)/t10-/m1/s1. The van der Waals surface area contributed by atoms with Crippen LogP contribution in [-0.2, 0) is 9.53 Å². The van der Waals surface area contributed by atoms with Crippen LogP contribution in [-0.4, -0.2) is 29.2 Å². The lowest BCUT2D eigenvalue weighted by atomic mass is 10.1. The van der Waals surface area contributed by atoms with Crippen molar-refractivity contribution in [2.24, 2.45) is 5.73 Å². The van der Waals surface area contributed by atoms with Crippen molar-refractivity contribution in [2.45, 2.75) is 13.0 Å². The second-order valence-corrected chi connectivity index (χ2v) is 5.51. The normalized spacial score (nSPS) is 11.7. The Morgan fingerprint density at radius 1 is 1.15 bits per heavy atom. The fourth-order valence-corrected chi connectivity index (χ4v) is 2.37. The summed E-state index contributed by atoms with van der Waals surface area (Å²) in [5.74, 6) is -1.00. The number of carbonyl (C=O) groups is 3. The Balaban J connectivity index is 1.85. The van der Waals surface area contributed by atoms with Crippen LogP contribution in [0.3, 0.4) is 0 Å². The van der Waals surface area contributed by atoms with Crippen LogP contribution in [0.5, 0.6) is 0 Å². The predicted molar refractivity (Wildman–Crippen MR) is 92.0 cm³/mol. The van der Waals surface area contributed by atoms with Gasteiger partial charge in [0.05, 0.1) is 10.9 Å². The SMILES string of the molecule is C[C@@H](OC(=O)c1ccc2noc(-c3ccccc3)c2c1)C(=O)NC(N)=O. The smallest absolute Gasteiger partial charge is 0.338 e. The Labute approximate surface area is 147 Å². The molecule has 1 heterocycles. The molecule has 0 spiro atoms. The largest absolute Gasteiger partial charge is 0.449 e. The van der Waals surface area contributed by atoms with Crippen LogP contribution in [0, 0.1) is 0 Å². The van der Waals surface area contributed by atoms with Crippen molar-refractivity contribution in [3.8, 4) is 11.3 Å². The second kappa shape index (κ2) is 7.06. The average Bonchev–Trinajstić information content (AvgIpc) is 3.04. The molecular formula is C18H15N3O5. The van der Waals surface area contributed by atoms with Crippen molar-refractivity contribution in [1.82, 2.24) is 10.5 Å². The number of nitrogens with zero attached hydrogens (tertiary/aromatic N) is 1. The maximum absolute atomic E-state index is 12.3. The lowest BCUT2D eigenvalue weighted by Gasteiger charge is -2.11. The third kappa shape index (κ3) is 3.54. The molecule has 8 heteroatoms. The fraction of sp³-hybridized carbons (Fsp3) is 0.111. The van der Waals surface area contributed by atoms with Crippen LogP contribution in [0.4, 0.5) is 4.79 Å². The number of fused-ring (bicyclic) bond motifs is 1. The van der Waals surface area contributed by atoms with Gasteiger partial charge in [-0.2, -0.15) is 0 Å². The fourth-order valence-electron chi connectivity index (χ4n) is 2.37. The van der Waals surface area contributed by atoms with Crippen LogP contribution in [0.15, 0.2) is 53.1 Å². The summed E-state index contributed by atoms with van der Waals surface area (Å²) in [5, 5.41) is 6.47. The molecule has 0 bridgehead atoms. The van der Waals surface area contributed by atoms with E-state index in [2.05, 4.69) is 5.16 Å². The van der Waals surface area contributed by atoms with Crippen LogP contribution in [0.25, 0.3) is 22.2 Å². The first-order valence-electron chi connectivity index (χ1n) is 7.72. The highest BCUT2D eigenvalue weighted by Crippen LogP contribution is 2.29. The molecule has 3 aromatic rings. The number of imide groups is 1. The molecule has 3 rings (SSSR count). The van der Waals surface area contributed by atoms with E-state index in [9.17, 15) is 14.4 Å². The Morgan fingerprint density at radius 3 is 2.58 bits per heavy atom. The van der Waals surface area contributed by atoms with Gasteiger partial charge in [-0.1, -0.05) is 35.5 Å². The van der Waals surface area contributed by atoms with Crippen LogP contribution < -0.4 is 11.1 Å². The number of rotatable bonds is 4. The van der Waals surface area contributed by atoms with E-state index in [1.165, 1.54) is 13.0 Å². The number of nitrogens with one attached hydrogen (secondary N) is 1. The lowest BCUT2D eigenvalue weighted by Crippen LogP contribution is -2.42. The number of esters is 1. The molecule has 2 aromatic carbocycles. The van der Waals surface area contributed by atoms with Gasteiger partial charge in [-0.05, 0) is 25.1 Å². The molecule has 0 saturated heterocycles. The quantitative estimate of drug-likeness (QED) is 0.693. The van der Waals surface area contributed by atoms with E-state index in [4.69, 9.17) is 15.0 Å². The van der Waals surface area contributed by atoms with Gasteiger partial charge in [0.1, 0.15) is 5.52 Å². The summed E-state index contributed by atoms with van der Waals surface area (Å²) < 4.78 is 10.4. The van der Waals surface area contributed by atoms with Crippen molar-refractivity contribution in [2.75, 3.05) is 0 Å². The molecule has 0 aliphatic rings. The summed E-state index contributed by atoms with van der Waals surface area (Å²) in [7, 11) is 0. The van der Waals surface area contributed by atoms with Crippen LogP contribution in [0.1, 0.15) is 17.3 Å². The lowest BCUT2D eigenvalue weighted by molar-refractivity contribution is -0.127. The molecule has 3 amide bonds. The summed E-state index contributed by atoms with van der Waals surface area (Å²) in [6, 6.07) is 13.0. The molecule has 0 aliphatic carbocycles. The van der Waals surface area contributed by atoms with E-state index >= 15 is 0 Å². The van der Waals surface area contributed by atoms with Crippen molar-refractivity contribution < 1.29 is 23.6 Å². The number of ether oxygens (including phenoxy) is 1. The first-order chi connectivity index (χ1) is 12.5. The monoisotopic (exact) mass is 353 g/mol. The number of hydrogen-bond donors (Lipinski definition) is 2. The number of urea groups is 1. The van der Waals surface area contributed by atoms with E-state index in [1.54, 1.807) is 12.1 Å². The molecule has 0 unspecified atom stereocenters. The van der Waals surface area contributed by atoms with Gasteiger partial charge in [-0.25, -0.2) is 9.59 Å². The van der Waals surface area contributed by atoms with Gasteiger partial charge in [0.15, 0.2) is 11.9 Å². The first kappa shape index (κ1) is 17.2. The number of benzene rings is 2. The minimum atomic E-state index is -1.18. The first-order valence-corrected chi connectivity index (χ1v) is 7.72. The Bertz CT molecular complexity index is 981. The Kier molecular flexibility index (Phi) is 4.66. The molecule has 1 atom stereocenters. The maximum Gasteiger partial charge on any atom is 0.338 e. The van der Waals surface area contributed by atoms with E-state index in [1.807, 2.05) is 35.6 Å². The molecular weight excluding hydrogens is 338 g/mol. The predicted octanol–water partition coefficient (Wildman–Crippen LogP) is 2.23. The highest BCUT2D eigenvalue weighted by Gasteiger charge is 2.21. The molecule has 26 heavy (non-hydrogen) atoms. The molecule has 0 fully saturated rings. The van der Waals surface area contributed by atoms with Crippen molar-refractivity contribution in [1.29, 1.82) is 0 Å². The molecule has 132 valence electrons. The van der Waals surface area contributed by atoms with Crippen LogP contribution in [0.2, 0.25) is 0 Å². The Hall–Kier alpha value is -3.68. The van der Waals surface area contributed by atoms with Gasteiger partial charge in [-0.3, -0.25) is 10.1 Å². The van der Waals surface area contributed by atoms with Gasteiger partial charge in [0.25, 0.3) is 5.91 Å². The van der Waals surface area contributed by atoms with E-state index in [0.717, 1.165) is 5.56 Å². The average molecular weight is 353 g/mol. The van der Waals surface area contributed by atoms with Gasteiger partial charge < -0.3 is 15.0 Å². The molecule has 3 N–H and O–H groups in total. The zero-order valence-corrected chi connectivity index (χ0v) is 13.8. The number of aromatic nitrogens is 1. The second-order valence-electron chi connectivity index (χ2n) is 5.51.